The van der Waals surface area contributed by atoms with Gasteiger partial charge >= 0.3 is 5.97 Å². The van der Waals surface area contributed by atoms with Gasteiger partial charge in [-0.3, -0.25) is 4.79 Å². The first-order chi connectivity index (χ1) is 9.97. The van der Waals surface area contributed by atoms with E-state index in [1.54, 1.807) is 6.07 Å². The average Bonchev–Trinajstić information content (AvgIpc) is 2.64. The Morgan fingerprint density at radius 3 is 2.52 bits per heavy atom. The van der Waals surface area contributed by atoms with Gasteiger partial charge in [-0.15, -0.1) is 0 Å². The molecule has 0 saturated carbocycles. The molecule has 0 aliphatic carbocycles. The summed E-state index contributed by atoms with van der Waals surface area (Å²) in [6.07, 6.45) is 0.761. The number of halogens is 1. The molecule has 5 nitrogen and oxygen atoms in total. The van der Waals surface area contributed by atoms with Gasteiger partial charge in [0.15, 0.2) is 11.5 Å². The first kappa shape index (κ1) is 15.9. The molecule has 2 rings (SSSR count). The molecule has 1 unspecified atom stereocenters. The van der Waals surface area contributed by atoms with Gasteiger partial charge < -0.3 is 20.3 Å². The third kappa shape index (κ3) is 3.09. The van der Waals surface area contributed by atoms with Crippen molar-refractivity contribution in [2.45, 2.75) is 32.1 Å². The van der Waals surface area contributed by atoms with E-state index in [0.29, 0.717) is 35.3 Å². The van der Waals surface area contributed by atoms with Gasteiger partial charge in [0, 0.05) is 18.5 Å². The van der Waals surface area contributed by atoms with Gasteiger partial charge in [0.25, 0.3) is 0 Å². The smallest absolute Gasteiger partial charge is 0.312 e. The van der Waals surface area contributed by atoms with E-state index in [9.17, 15) is 9.90 Å². The highest BCUT2D eigenvalue weighted by Crippen LogP contribution is 2.46. The molecule has 1 atom stereocenters. The van der Waals surface area contributed by atoms with Crippen molar-refractivity contribution in [2.75, 3.05) is 19.8 Å². The molecule has 1 aromatic carbocycles. The third-order valence-electron chi connectivity index (χ3n) is 3.53. The summed E-state index contributed by atoms with van der Waals surface area (Å²) in [7, 11) is 0. The minimum Gasteiger partial charge on any atom is -0.489 e. The number of rotatable bonds is 4. The summed E-state index contributed by atoms with van der Waals surface area (Å²) in [5, 5.41) is 9.75. The zero-order valence-electron chi connectivity index (χ0n) is 12.2. The number of benzene rings is 1. The molecule has 3 N–H and O–H groups in total. The lowest BCUT2D eigenvalue weighted by Gasteiger charge is -2.23. The highest BCUT2D eigenvalue weighted by atomic mass is 35.5. The van der Waals surface area contributed by atoms with Gasteiger partial charge in [0.1, 0.15) is 0 Å². The number of aliphatic carboxylic acids is 1. The van der Waals surface area contributed by atoms with Crippen LogP contribution in [0.15, 0.2) is 6.07 Å². The first-order valence-corrected chi connectivity index (χ1v) is 7.39. The number of carboxylic acid groups (broad SMARTS) is 1. The van der Waals surface area contributed by atoms with E-state index in [2.05, 4.69) is 0 Å². The molecule has 0 bridgehead atoms. The maximum absolute atomic E-state index is 11.5. The lowest BCUT2D eigenvalue weighted by molar-refractivity contribution is -0.138. The van der Waals surface area contributed by atoms with Crippen molar-refractivity contribution in [3.63, 3.8) is 0 Å². The zero-order valence-corrected chi connectivity index (χ0v) is 12.9. The lowest BCUT2D eigenvalue weighted by atomic mass is 9.87. The number of fused-ring (bicyclic) bond motifs is 1. The Labute approximate surface area is 129 Å². The fourth-order valence-corrected chi connectivity index (χ4v) is 2.83. The van der Waals surface area contributed by atoms with Crippen LogP contribution in [0, 0.1) is 0 Å². The Hall–Kier alpha value is -1.46. The van der Waals surface area contributed by atoms with E-state index in [4.69, 9.17) is 26.8 Å². The van der Waals surface area contributed by atoms with Crippen LogP contribution in [0.3, 0.4) is 0 Å². The predicted octanol–water partition coefficient (Wildman–Crippen LogP) is 2.75. The summed E-state index contributed by atoms with van der Waals surface area (Å²) < 4.78 is 11.5. The highest BCUT2D eigenvalue weighted by Gasteiger charge is 2.29. The van der Waals surface area contributed by atoms with E-state index in [-0.39, 0.29) is 12.5 Å². The molecule has 21 heavy (non-hydrogen) atoms. The standard InChI is InChI=1S/C15H20ClNO4/c1-8(2)12-9(10(7-17)15(18)19)6-11(16)13-14(12)21-5-3-4-20-13/h6,8,10H,3-5,7,17H2,1-2H3,(H,18,19). The summed E-state index contributed by atoms with van der Waals surface area (Å²) in [6, 6.07) is 1.65. The van der Waals surface area contributed by atoms with Gasteiger partial charge in [0.2, 0.25) is 0 Å². The Morgan fingerprint density at radius 1 is 1.38 bits per heavy atom. The van der Waals surface area contributed by atoms with Crippen LogP contribution in [0.25, 0.3) is 0 Å². The van der Waals surface area contributed by atoms with Gasteiger partial charge in [0.05, 0.1) is 24.2 Å². The molecular formula is C15H20ClNO4. The molecule has 0 fully saturated rings. The number of hydrogen-bond donors (Lipinski definition) is 2. The van der Waals surface area contributed by atoms with Crippen LogP contribution in [-0.4, -0.2) is 30.8 Å². The fourth-order valence-electron chi connectivity index (χ4n) is 2.57. The van der Waals surface area contributed by atoms with Crippen LogP contribution in [-0.2, 0) is 4.79 Å². The molecule has 0 radical (unpaired) electrons. The summed E-state index contributed by atoms with van der Waals surface area (Å²) in [4.78, 5) is 11.5. The molecule has 6 heteroatoms. The number of carbonyl (C=O) groups is 1. The third-order valence-corrected chi connectivity index (χ3v) is 3.81. The quantitative estimate of drug-likeness (QED) is 0.893. The van der Waals surface area contributed by atoms with Crippen molar-refractivity contribution in [1.29, 1.82) is 0 Å². The Morgan fingerprint density at radius 2 is 2.00 bits per heavy atom. The van der Waals surface area contributed by atoms with Gasteiger partial charge in [-0.2, -0.15) is 0 Å². The number of hydrogen-bond acceptors (Lipinski definition) is 4. The predicted molar refractivity (Wildman–Crippen MR) is 80.6 cm³/mol. The number of nitrogens with two attached hydrogens (primary N) is 1. The molecule has 1 aliphatic heterocycles. The molecule has 1 heterocycles. The van der Waals surface area contributed by atoms with Gasteiger partial charge in [-0.25, -0.2) is 0 Å². The Balaban J connectivity index is 2.68. The second kappa shape index (κ2) is 6.54. The molecular weight excluding hydrogens is 294 g/mol. The lowest BCUT2D eigenvalue weighted by Crippen LogP contribution is -2.23. The molecule has 0 spiro atoms. The zero-order chi connectivity index (χ0) is 15.6. The Kier molecular flexibility index (Phi) is 4.96. The van der Waals surface area contributed by atoms with Gasteiger partial charge in [-0.1, -0.05) is 25.4 Å². The SMILES string of the molecule is CC(C)c1c(C(CN)C(=O)O)cc(Cl)c2c1OCCCO2. The average molecular weight is 314 g/mol. The van der Waals surface area contributed by atoms with Crippen molar-refractivity contribution >= 4 is 17.6 Å². The maximum Gasteiger partial charge on any atom is 0.312 e. The normalized spacial score (nSPS) is 15.7. The summed E-state index contributed by atoms with van der Waals surface area (Å²) >= 11 is 6.26. The van der Waals surface area contributed by atoms with Crippen LogP contribution < -0.4 is 15.2 Å². The molecule has 1 aliphatic rings. The van der Waals surface area contributed by atoms with Crippen LogP contribution in [0.2, 0.25) is 5.02 Å². The number of ether oxygens (including phenoxy) is 2. The van der Waals surface area contributed by atoms with Crippen molar-refractivity contribution in [3.05, 3.63) is 22.2 Å². The summed E-state index contributed by atoms with van der Waals surface area (Å²) in [6.45, 7) is 5.02. The number of carboxylic acids is 1. The van der Waals surface area contributed by atoms with Crippen molar-refractivity contribution < 1.29 is 19.4 Å². The highest BCUT2D eigenvalue weighted by molar-refractivity contribution is 6.32. The largest absolute Gasteiger partial charge is 0.489 e. The van der Waals surface area contributed by atoms with Crippen LogP contribution in [0.1, 0.15) is 43.2 Å². The second-order valence-corrected chi connectivity index (χ2v) is 5.76. The summed E-state index contributed by atoms with van der Waals surface area (Å²) in [5.74, 6) is -0.643. The van der Waals surface area contributed by atoms with E-state index in [1.165, 1.54) is 0 Å². The van der Waals surface area contributed by atoms with Crippen LogP contribution >= 0.6 is 11.6 Å². The molecule has 116 valence electrons. The Bertz CT molecular complexity index is 545. The minimum absolute atomic E-state index is 0.00499. The monoisotopic (exact) mass is 313 g/mol. The minimum atomic E-state index is -0.968. The van der Waals surface area contributed by atoms with E-state index >= 15 is 0 Å². The molecule has 0 saturated heterocycles. The van der Waals surface area contributed by atoms with E-state index in [1.807, 2.05) is 13.8 Å². The van der Waals surface area contributed by atoms with E-state index in [0.717, 1.165) is 12.0 Å². The molecule has 0 amide bonds. The summed E-state index contributed by atoms with van der Waals surface area (Å²) in [5.41, 5.74) is 7.06. The van der Waals surface area contributed by atoms with E-state index < -0.39 is 11.9 Å². The fraction of sp³-hybridized carbons (Fsp3) is 0.533. The second-order valence-electron chi connectivity index (χ2n) is 5.35. The topological polar surface area (TPSA) is 81.8 Å². The van der Waals surface area contributed by atoms with Crippen molar-refractivity contribution in [1.82, 2.24) is 0 Å². The molecule has 0 aromatic heterocycles. The van der Waals surface area contributed by atoms with Crippen molar-refractivity contribution in [3.8, 4) is 11.5 Å². The van der Waals surface area contributed by atoms with Gasteiger partial charge in [-0.05, 0) is 17.5 Å². The maximum atomic E-state index is 11.5. The van der Waals surface area contributed by atoms with Crippen molar-refractivity contribution in [2.24, 2.45) is 5.73 Å². The molecule has 1 aromatic rings. The van der Waals surface area contributed by atoms with Crippen LogP contribution in [0.5, 0.6) is 11.5 Å². The van der Waals surface area contributed by atoms with Crippen LogP contribution in [0.4, 0.5) is 0 Å². The first-order valence-electron chi connectivity index (χ1n) is 7.02.